The molecule has 1 saturated heterocycles. The number of piperidine rings is 1. The number of rotatable bonds is 0. The van der Waals surface area contributed by atoms with Crippen LogP contribution in [0.1, 0.15) is 44.9 Å². The normalized spacial score (nSPS) is 21.6. The lowest BCUT2D eigenvalue weighted by Crippen LogP contribution is -2.53. The number of hydrogen-bond donors (Lipinski definition) is 1. The number of aryl methyl sites for hydroxylation is 1. The molecule has 21 heavy (non-hydrogen) atoms. The first-order chi connectivity index (χ1) is 9.80. The highest BCUT2D eigenvalue weighted by Gasteiger charge is 2.46. The number of ether oxygens (including phenoxy) is 1. The summed E-state index contributed by atoms with van der Waals surface area (Å²) in [6, 6.07) is 4.03. The molecule has 0 saturated carbocycles. The van der Waals surface area contributed by atoms with Gasteiger partial charge in [0, 0.05) is 42.7 Å². The Morgan fingerprint density at radius 2 is 1.95 bits per heavy atom. The first kappa shape index (κ1) is 14.3. The fourth-order valence-corrected chi connectivity index (χ4v) is 3.28. The molecule has 2 aliphatic heterocycles. The zero-order valence-electron chi connectivity index (χ0n) is 13.2. The van der Waals surface area contributed by atoms with Gasteiger partial charge in [-0.1, -0.05) is 0 Å². The number of amides is 1. The number of nitrogens with one attached hydrogen (secondary N) is 1. The maximum atomic E-state index is 11.9. The van der Waals surface area contributed by atoms with Crippen molar-refractivity contribution in [3.05, 3.63) is 23.4 Å². The minimum Gasteiger partial charge on any atom is -0.438 e. The second-order valence-electron chi connectivity index (χ2n) is 7.02. The van der Waals surface area contributed by atoms with Crippen LogP contribution in [0.2, 0.25) is 0 Å². The predicted molar refractivity (Wildman–Crippen MR) is 81.3 cm³/mol. The third-order valence-corrected chi connectivity index (χ3v) is 4.55. The van der Waals surface area contributed by atoms with Crippen LogP contribution >= 0.6 is 0 Å². The van der Waals surface area contributed by atoms with Gasteiger partial charge in [-0.3, -0.25) is 10.2 Å². The predicted octanol–water partition coefficient (Wildman–Crippen LogP) is 3.04. The van der Waals surface area contributed by atoms with Crippen LogP contribution in [0.15, 0.2) is 12.1 Å². The van der Waals surface area contributed by atoms with Gasteiger partial charge in [-0.15, -0.1) is 0 Å². The molecule has 3 heterocycles. The molecule has 2 aliphatic rings. The molecule has 0 atom stereocenters. The Morgan fingerprint density at radius 1 is 1.29 bits per heavy atom. The van der Waals surface area contributed by atoms with Crippen molar-refractivity contribution >= 4 is 11.9 Å². The molecule has 1 aromatic rings. The van der Waals surface area contributed by atoms with Crippen molar-refractivity contribution in [3.63, 3.8) is 0 Å². The molecule has 1 N–H and O–H groups in total. The highest BCUT2D eigenvalue weighted by molar-refractivity contribution is 5.87. The van der Waals surface area contributed by atoms with Crippen molar-refractivity contribution < 1.29 is 9.53 Å². The zero-order valence-corrected chi connectivity index (χ0v) is 13.2. The molecule has 0 aromatic carbocycles. The molecule has 0 radical (unpaired) electrons. The van der Waals surface area contributed by atoms with Crippen LogP contribution < -0.4 is 5.32 Å². The number of likely N-dealkylation sites (tertiary alicyclic amines) is 1. The number of pyridine rings is 1. The Hall–Kier alpha value is -1.62. The van der Waals surface area contributed by atoms with E-state index >= 15 is 0 Å². The molecular weight excluding hydrogens is 266 g/mol. The minimum absolute atomic E-state index is 0.146. The van der Waals surface area contributed by atoms with Gasteiger partial charge in [0.05, 0.1) is 0 Å². The summed E-state index contributed by atoms with van der Waals surface area (Å²) >= 11 is 0. The fraction of sp³-hybridized carbons (Fsp3) is 0.625. The van der Waals surface area contributed by atoms with Gasteiger partial charge in [0.1, 0.15) is 11.4 Å². The van der Waals surface area contributed by atoms with E-state index in [-0.39, 0.29) is 11.6 Å². The summed E-state index contributed by atoms with van der Waals surface area (Å²) in [7, 11) is 0. The highest BCUT2D eigenvalue weighted by Crippen LogP contribution is 2.43. The van der Waals surface area contributed by atoms with Crippen molar-refractivity contribution in [2.45, 2.75) is 51.7 Å². The van der Waals surface area contributed by atoms with Gasteiger partial charge >= 0.3 is 6.09 Å². The molecular formula is C16H23N3O2. The van der Waals surface area contributed by atoms with Crippen molar-refractivity contribution in [3.8, 4) is 0 Å². The Kier molecular flexibility index (Phi) is 3.20. The lowest BCUT2D eigenvalue weighted by atomic mass is 9.82. The summed E-state index contributed by atoms with van der Waals surface area (Å²) in [6.07, 6.45) is 1.25. The molecule has 114 valence electrons. The van der Waals surface area contributed by atoms with Crippen LogP contribution in [0.5, 0.6) is 0 Å². The van der Waals surface area contributed by atoms with Crippen molar-refractivity contribution in [2.75, 3.05) is 18.4 Å². The molecule has 1 spiro atoms. The minimum atomic E-state index is -0.514. The topological polar surface area (TPSA) is 54.5 Å². The zero-order chi connectivity index (χ0) is 15.3. The third kappa shape index (κ3) is 2.50. The van der Waals surface area contributed by atoms with Crippen molar-refractivity contribution in [1.29, 1.82) is 0 Å². The van der Waals surface area contributed by atoms with Crippen LogP contribution in [-0.4, -0.2) is 34.6 Å². The Labute approximate surface area is 125 Å². The SMILES string of the molecule is Cc1ccc2c(n1)NC(=O)OC21CCN(C(C)(C)C)CC1. The maximum absolute atomic E-state index is 11.9. The van der Waals surface area contributed by atoms with Gasteiger partial charge in [0.15, 0.2) is 0 Å². The lowest BCUT2D eigenvalue weighted by Gasteiger charge is -2.47. The second kappa shape index (κ2) is 4.70. The van der Waals surface area contributed by atoms with Crippen molar-refractivity contribution in [1.82, 2.24) is 9.88 Å². The molecule has 5 heteroatoms. The van der Waals surface area contributed by atoms with Crippen LogP contribution in [0.3, 0.4) is 0 Å². The van der Waals surface area contributed by atoms with Gasteiger partial charge < -0.3 is 4.74 Å². The van der Waals surface area contributed by atoms with E-state index in [4.69, 9.17) is 4.74 Å². The van der Waals surface area contributed by atoms with E-state index in [1.165, 1.54) is 0 Å². The molecule has 1 aromatic heterocycles. The van der Waals surface area contributed by atoms with E-state index in [1.54, 1.807) is 0 Å². The van der Waals surface area contributed by atoms with E-state index in [9.17, 15) is 4.79 Å². The highest BCUT2D eigenvalue weighted by atomic mass is 16.6. The molecule has 5 nitrogen and oxygen atoms in total. The number of nitrogens with zero attached hydrogens (tertiary/aromatic N) is 2. The summed E-state index contributed by atoms with van der Waals surface area (Å²) in [5.74, 6) is 0.662. The molecule has 1 amide bonds. The average Bonchev–Trinajstić information content (AvgIpc) is 2.37. The number of carbonyl (C=O) groups is 1. The van der Waals surface area contributed by atoms with Gasteiger partial charge in [-0.25, -0.2) is 9.78 Å². The molecule has 0 unspecified atom stereocenters. The second-order valence-corrected chi connectivity index (χ2v) is 7.02. The summed E-state index contributed by atoms with van der Waals surface area (Å²) in [6.45, 7) is 10.4. The van der Waals surface area contributed by atoms with E-state index in [0.29, 0.717) is 5.82 Å². The monoisotopic (exact) mass is 289 g/mol. The lowest BCUT2D eigenvalue weighted by molar-refractivity contribution is -0.0546. The van der Waals surface area contributed by atoms with E-state index < -0.39 is 5.60 Å². The average molecular weight is 289 g/mol. The van der Waals surface area contributed by atoms with Gasteiger partial charge in [0.2, 0.25) is 0 Å². The van der Waals surface area contributed by atoms with Gasteiger partial charge in [-0.2, -0.15) is 0 Å². The Bertz CT molecular complexity index is 569. The molecule has 0 aliphatic carbocycles. The Balaban J connectivity index is 1.92. The molecule has 1 fully saturated rings. The van der Waals surface area contributed by atoms with Crippen LogP contribution in [-0.2, 0) is 10.3 Å². The molecule has 0 bridgehead atoms. The van der Waals surface area contributed by atoms with E-state index in [0.717, 1.165) is 37.2 Å². The van der Waals surface area contributed by atoms with Gasteiger partial charge in [0.25, 0.3) is 0 Å². The van der Waals surface area contributed by atoms with Crippen LogP contribution in [0, 0.1) is 6.92 Å². The Morgan fingerprint density at radius 3 is 2.57 bits per heavy atom. The summed E-state index contributed by atoms with van der Waals surface area (Å²) in [4.78, 5) is 18.8. The molecule has 3 rings (SSSR count). The number of hydrogen-bond acceptors (Lipinski definition) is 4. The number of carbonyl (C=O) groups excluding carboxylic acids is 1. The standard InChI is InChI=1S/C16H23N3O2/c1-11-5-6-12-13(17-11)18-14(20)21-16(12)7-9-19(10-8-16)15(2,3)4/h5-6H,7-10H2,1-4H3,(H,17,18,20). The van der Waals surface area contributed by atoms with Crippen LogP contribution in [0.25, 0.3) is 0 Å². The number of anilines is 1. The summed E-state index contributed by atoms with van der Waals surface area (Å²) < 4.78 is 5.73. The van der Waals surface area contributed by atoms with E-state index in [1.807, 2.05) is 19.1 Å². The van der Waals surface area contributed by atoms with Gasteiger partial charge in [-0.05, 0) is 39.8 Å². The number of fused-ring (bicyclic) bond motifs is 2. The smallest absolute Gasteiger partial charge is 0.413 e. The number of aromatic nitrogens is 1. The fourth-order valence-electron chi connectivity index (χ4n) is 3.28. The van der Waals surface area contributed by atoms with Crippen molar-refractivity contribution in [2.24, 2.45) is 0 Å². The first-order valence-electron chi connectivity index (χ1n) is 7.53. The van der Waals surface area contributed by atoms with Crippen LogP contribution in [0.4, 0.5) is 10.6 Å². The quantitative estimate of drug-likeness (QED) is 0.797. The maximum Gasteiger partial charge on any atom is 0.413 e. The van der Waals surface area contributed by atoms with E-state index in [2.05, 4.69) is 36.0 Å². The summed E-state index contributed by atoms with van der Waals surface area (Å²) in [5, 5.41) is 2.73. The third-order valence-electron chi connectivity index (χ3n) is 4.55. The summed E-state index contributed by atoms with van der Waals surface area (Å²) in [5.41, 5.74) is 1.55. The first-order valence-corrected chi connectivity index (χ1v) is 7.53. The largest absolute Gasteiger partial charge is 0.438 e.